The van der Waals surface area contributed by atoms with Crippen molar-refractivity contribution in [1.29, 1.82) is 0 Å². The summed E-state index contributed by atoms with van der Waals surface area (Å²) in [6, 6.07) is 23.4. The topological polar surface area (TPSA) is 62.2 Å². The highest BCUT2D eigenvalue weighted by Gasteiger charge is 2.41. The lowest BCUT2D eigenvalue weighted by Crippen LogP contribution is -2.33. The highest BCUT2D eigenvalue weighted by Crippen LogP contribution is 2.39. The van der Waals surface area contributed by atoms with E-state index in [1.165, 1.54) is 12.1 Å². The highest BCUT2D eigenvalue weighted by atomic mass is 32.1. The zero-order valence-corrected chi connectivity index (χ0v) is 20.6. The average Bonchev–Trinajstić information content (AvgIpc) is 3.49. The van der Waals surface area contributed by atoms with Crippen LogP contribution in [0, 0.1) is 12.7 Å². The van der Waals surface area contributed by atoms with E-state index in [-0.39, 0.29) is 30.2 Å². The smallest absolute Gasteiger partial charge is 0.226 e. The first kappa shape index (κ1) is 23.7. The molecule has 0 spiro atoms. The van der Waals surface area contributed by atoms with Crippen LogP contribution in [0.3, 0.4) is 0 Å². The third-order valence-electron chi connectivity index (χ3n) is 6.30. The van der Waals surface area contributed by atoms with Crippen LogP contribution in [0.25, 0.3) is 5.69 Å². The summed E-state index contributed by atoms with van der Waals surface area (Å²) in [5.74, 6) is -0.376. The number of pyridine rings is 1. The Bertz CT molecular complexity index is 1350. The average molecular weight is 500 g/mol. The molecule has 0 saturated carbocycles. The lowest BCUT2D eigenvalue weighted by Gasteiger charge is -2.28. The minimum absolute atomic E-state index is 0.0874. The van der Waals surface area contributed by atoms with E-state index >= 15 is 0 Å². The molecule has 1 fully saturated rings. The van der Waals surface area contributed by atoms with Crippen LogP contribution in [0.15, 0.2) is 91.3 Å². The quantitative estimate of drug-likeness (QED) is 0.337. The Morgan fingerprint density at radius 2 is 1.83 bits per heavy atom. The van der Waals surface area contributed by atoms with Gasteiger partial charge in [0.15, 0.2) is 5.11 Å². The lowest BCUT2D eigenvalue weighted by molar-refractivity contribution is -0.116. The maximum absolute atomic E-state index is 13.6. The number of hydrogen-bond acceptors (Lipinski definition) is 3. The van der Waals surface area contributed by atoms with Crippen LogP contribution in [0.5, 0.6) is 0 Å². The van der Waals surface area contributed by atoms with E-state index in [4.69, 9.17) is 12.2 Å². The first-order valence-corrected chi connectivity index (χ1v) is 12.2. The second kappa shape index (κ2) is 10.3. The van der Waals surface area contributed by atoms with Crippen LogP contribution < -0.4 is 10.6 Å². The number of aromatic nitrogens is 2. The molecular weight excluding hydrogens is 473 g/mol. The molecule has 182 valence electrons. The van der Waals surface area contributed by atoms with Crippen molar-refractivity contribution in [3.05, 3.63) is 114 Å². The SMILES string of the molecule is Cc1ccc(NC(=O)CCN2C(=S)N[C@@H](c3ccccn3)[C@H]2c2cccn2-c2ccc(F)cc2)cc1. The number of benzene rings is 2. The fourth-order valence-electron chi connectivity index (χ4n) is 4.52. The van der Waals surface area contributed by atoms with Crippen LogP contribution in [-0.2, 0) is 4.79 Å². The lowest BCUT2D eigenvalue weighted by atomic mass is 10.0. The van der Waals surface area contributed by atoms with Gasteiger partial charge in [0.2, 0.25) is 5.91 Å². The van der Waals surface area contributed by atoms with E-state index in [9.17, 15) is 9.18 Å². The van der Waals surface area contributed by atoms with Gasteiger partial charge >= 0.3 is 0 Å². The molecule has 2 atom stereocenters. The Labute approximate surface area is 214 Å². The van der Waals surface area contributed by atoms with Crippen LogP contribution in [-0.4, -0.2) is 32.0 Å². The molecule has 5 rings (SSSR count). The molecule has 0 radical (unpaired) electrons. The van der Waals surface area contributed by atoms with Gasteiger partial charge in [0.25, 0.3) is 0 Å². The number of halogens is 1. The minimum atomic E-state index is -0.288. The van der Waals surface area contributed by atoms with Gasteiger partial charge in [-0.05, 0) is 79.8 Å². The van der Waals surface area contributed by atoms with E-state index in [2.05, 4.69) is 15.6 Å². The Balaban J connectivity index is 1.43. The Kier molecular flexibility index (Phi) is 6.77. The predicted molar refractivity (Wildman–Crippen MR) is 142 cm³/mol. The Hall–Kier alpha value is -4.04. The molecule has 0 aliphatic carbocycles. The maximum Gasteiger partial charge on any atom is 0.226 e. The fourth-order valence-corrected chi connectivity index (χ4v) is 4.85. The number of nitrogens with zero attached hydrogens (tertiary/aromatic N) is 3. The van der Waals surface area contributed by atoms with Gasteiger partial charge in [-0.2, -0.15) is 0 Å². The molecule has 3 heterocycles. The largest absolute Gasteiger partial charge is 0.352 e. The third kappa shape index (κ3) is 4.99. The van der Waals surface area contributed by atoms with Crippen LogP contribution in [0.2, 0.25) is 0 Å². The van der Waals surface area contributed by atoms with Crippen LogP contribution >= 0.6 is 12.2 Å². The molecule has 2 N–H and O–H groups in total. The number of carbonyl (C=O) groups is 1. The van der Waals surface area contributed by atoms with Crippen molar-refractivity contribution in [1.82, 2.24) is 19.8 Å². The molecule has 36 heavy (non-hydrogen) atoms. The number of rotatable bonds is 7. The van der Waals surface area contributed by atoms with Crippen LogP contribution in [0.1, 0.15) is 35.5 Å². The summed E-state index contributed by atoms with van der Waals surface area (Å²) in [5, 5.41) is 6.94. The van der Waals surface area contributed by atoms with Gasteiger partial charge in [-0.1, -0.05) is 23.8 Å². The van der Waals surface area contributed by atoms with Gasteiger partial charge in [0.1, 0.15) is 5.82 Å². The molecule has 2 aromatic carbocycles. The number of thiocarbonyl (C=S) groups is 1. The van der Waals surface area contributed by atoms with Crippen molar-refractivity contribution in [3.63, 3.8) is 0 Å². The Morgan fingerprint density at radius 3 is 2.56 bits per heavy atom. The van der Waals surface area contributed by atoms with E-state index in [1.807, 2.05) is 77.2 Å². The minimum Gasteiger partial charge on any atom is -0.352 e. The summed E-state index contributed by atoms with van der Waals surface area (Å²) in [5.41, 5.74) is 4.55. The number of nitrogens with one attached hydrogen (secondary N) is 2. The molecule has 4 aromatic rings. The van der Waals surface area contributed by atoms with Gasteiger partial charge in [-0.25, -0.2) is 4.39 Å². The van der Waals surface area contributed by atoms with Crippen molar-refractivity contribution in [2.24, 2.45) is 0 Å². The van der Waals surface area contributed by atoms with Gasteiger partial charge in [0, 0.05) is 42.4 Å². The summed E-state index contributed by atoms with van der Waals surface area (Å²) in [7, 11) is 0. The first-order chi connectivity index (χ1) is 17.5. The molecule has 1 saturated heterocycles. The van der Waals surface area contributed by atoms with Gasteiger partial charge in [0.05, 0.1) is 17.8 Å². The standard InChI is InChI=1S/C28H26FN5OS/c1-19-7-11-21(12-8-19)31-25(35)15-18-34-27(26(32-28(34)36)23-5-2-3-16-30-23)24-6-4-17-33(24)22-13-9-20(29)10-14-22/h2-14,16-17,26-27H,15,18H2,1H3,(H,31,35)(H,32,36)/t26-,27+/m0/s1. The molecule has 1 amide bonds. The number of carbonyl (C=O) groups excluding carboxylic acids is 1. The molecule has 1 aliphatic rings. The second-order valence-electron chi connectivity index (χ2n) is 8.76. The van der Waals surface area contributed by atoms with Crippen molar-refractivity contribution in [3.8, 4) is 5.69 Å². The summed E-state index contributed by atoms with van der Waals surface area (Å²) in [6.07, 6.45) is 3.97. The summed E-state index contributed by atoms with van der Waals surface area (Å²) >= 11 is 5.74. The number of aryl methyl sites for hydroxylation is 1. The number of anilines is 1. The summed E-state index contributed by atoms with van der Waals surface area (Å²) in [4.78, 5) is 19.4. The van der Waals surface area contributed by atoms with E-state index in [0.717, 1.165) is 28.3 Å². The number of hydrogen-bond donors (Lipinski definition) is 2. The predicted octanol–water partition coefficient (Wildman–Crippen LogP) is 5.32. The van der Waals surface area contributed by atoms with Gasteiger partial charge < -0.3 is 20.1 Å². The van der Waals surface area contributed by atoms with Crippen molar-refractivity contribution in [2.75, 3.05) is 11.9 Å². The molecule has 0 bridgehead atoms. The molecule has 8 heteroatoms. The Morgan fingerprint density at radius 1 is 1.06 bits per heavy atom. The zero-order valence-electron chi connectivity index (χ0n) is 19.8. The first-order valence-electron chi connectivity index (χ1n) is 11.8. The van der Waals surface area contributed by atoms with Crippen LogP contribution in [0.4, 0.5) is 10.1 Å². The monoisotopic (exact) mass is 499 g/mol. The number of amides is 1. The van der Waals surface area contributed by atoms with Crippen molar-refractivity contribution >= 4 is 28.9 Å². The molecule has 6 nitrogen and oxygen atoms in total. The fraction of sp³-hybridized carbons (Fsp3) is 0.179. The zero-order chi connectivity index (χ0) is 25.1. The summed E-state index contributed by atoms with van der Waals surface area (Å²) < 4.78 is 15.6. The molecular formula is C28H26FN5OS. The van der Waals surface area contributed by atoms with E-state index < -0.39 is 0 Å². The van der Waals surface area contributed by atoms with Crippen molar-refractivity contribution in [2.45, 2.75) is 25.4 Å². The normalized spacial score (nSPS) is 17.2. The van der Waals surface area contributed by atoms with E-state index in [0.29, 0.717) is 11.7 Å². The van der Waals surface area contributed by atoms with Crippen molar-refractivity contribution < 1.29 is 9.18 Å². The van der Waals surface area contributed by atoms with Gasteiger partial charge in [-0.15, -0.1) is 0 Å². The van der Waals surface area contributed by atoms with E-state index in [1.54, 1.807) is 18.3 Å². The molecule has 2 aromatic heterocycles. The summed E-state index contributed by atoms with van der Waals surface area (Å²) in [6.45, 7) is 2.43. The second-order valence-corrected chi connectivity index (χ2v) is 9.15. The highest BCUT2D eigenvalue weighted by molar-refractivity contribution is 7.80. The molecule has 1 aliphatic heterocycles. The molecule has 0 unspecified atom stereocenters. The van der Waals surface area contributed by atoms with Gasteiger partial charge in [-0.3, -0.25) is 9.78 Å². The third-order valence-corrected chi connectivity index (χ3v) is 6.65. The maximum atomic E-state index is 13.6.